The van der Waals surface area contributed by atoms with Gasteiger partial charge in [-0.2, -0.15) is 23.7 Å². The number of carbonyl (C=O) groups is 6. The molecule has 8 aromatic heterocycles. The van der Waals surface area contributed by atoms with E-state index in [4.69, 9.17) is 5.11 Å². The second kappa shape index (κ2) is 27.8. The van der Waals surface area contributed by atoms with Crippen molar-refractivity contribution in [3.63, 3.8) is 0 Å². The number of ketones is 2. The minimum Gasteiger partial charge on any atom is -0.480 e. The summed E-state index contributed by atoms with van der Waals surface area (Å²) < 4.78 is 6.58. The topological polar surface area (TPSA) is 284 Å². The average molecular weight is 1200 g/mol. The fourth-order valence-electron chi connectivity index (χ4n) is 9.76. The van der Waals surface area contributed by atoms with Crippen LogP contribution in [0.3, 0.4) is 0 Å². The van der Waals surface area contributed by atoms with Crippen molar-refractivity contribution in [2.45, 2.75) is 78.6 Å². The first-order chi connectivity index (χ1) is 39.2. The monoisotopic (exact) mass is 1200 g/mol. The number of nitrogens with one attached hydrogen (secondary N) is 3. The molecule has 27 heteroatoms. The number of aliphatic carboxylic acids is 1. The van der Waals surface area contributed by atoms with Crippen LogP contribution in [0, 0.1) is 13.8 Å². The summed E-state index contributed by atoms with van der Waals surface area (Å²) in [6.45, 7) is 7.64. The third-order valence-corrected chi connectivity index (χ3v) is 13.4. The Hall–Kier alpha value is -8.82. The molecule has 428 valence electrons. The zero-order valence-electron chi connectivity index (χ0n) is 45.3. The summed E-state index contributed by atoms with van der Waals surface area (Å²) in [5, 5.41) is 27.8. The maximum absolute atomic E-state index is 13.4. The predicted molar refractivity (Wildman–Crippen MR) is 324 cm³/mol. The number of likely N-dealkylation sites (tertiary alicyclic amines) is 1. The number of anilines is 2. The Bertz CT molecular complexity index is 4030. The van der Waals surface area contributed by atoms with Crippen LogP contribution in [0.25, 0.3) is 55.9 Å². The number of carbonyl (C=O) groups excluding carboxylic acids is 5. The number of pyridine rings is 2. The van der Waals surface area contributed by atoms with Gasteiger partial charge in [-0.3, -0.25) is 46.9 Å². The number of fused-ring (bicyclic) bond motifs is 4. The molecule has 3 amide bonds. The summed E-state index contributed by atoms with van der Waals surface area (Å²) in [5.74, 6) is 0.325. The summed E-state index contributed by atoms with van der Waals surface area (Å²) in [4.78, 5) is 101. The van der Waals surface area contributed by atoms with E-state index in [1.807, 2.05) is 102 Å². The van der Waals surface area contributed by atoms with Crippen molar-refractivity contribution in [3.05, 3.63) is 145 Å². The molecule has 0 radical (unpaired) electrons. The van der Waals surface area contributed by atoms with Gasteiger partial charge in [0, 0.05) is 101 Å². The number of amides is 3. The van der Waals surface area contributed by atoms with Crippen molar-refractivity contribution in [1.29, 1.82) is 0 Å². The normalized spacial score (nSPS) is 14.2. The number of imidazole rings is 2. The molecule has 2 aliphatic heterocycles. The number of rotatable bonds is 12. The van der Waals surface area contributed by atoms with Crippen molar-refractivity contribution >= 4 is 129 Å². The maximum atomic E-state index is 13.4. The SMILES string of the molecule is CC(=O)c1nn(CC(=O)N2CCC[C@H]2C(=O)Nc2cccc(C)n2)c2ccc(-c3cnc4ncccn34)cc12.CC(=O)c1nn(CC(=O)O)c2ccc(-c3cnc4ncccn34)cc12.Cc1cccc(NC(=O)[C@@H]2CCCN2)n1.Cl.S.S=S. The lowest BCUT2D eigenvalue weighted by atomic mass is 10.1. The summed E-state index contributed by atoms with van der Waals surface area (Å²) in [6.07, 6.45) is 13.8. The van der Waals surface area contributed by atoms with Crippen LogP contribution in [0.2, 0.25) is 0 Å². The van der Waals surface area contributed by atoms with E-state index >= 15 is 0 Å². The van der Waals surface area contributed by atoms with E-state index in [1.165, 1.54) is 18.5 Å². The van der Waals surface area contributed by atoms with Crippen molar-refractivity contribution in [2.24, 2.45) is 0 Å². The molecule has 2 atom stereocenters. The van der Waals surface area contributed by atoms with Gasteiger partial charge in [0.05, 0.1) is 40.9 Å². The summed E-state index contributed by atoms with van der Waals surface area (Å²) in [6, 6.07) is 25.1. The first-order valence-corrected chi connectivity index (χ1v) is 27.0. The average Bonchev–Trinajstić information content (AvgIpc) is 3.02. The van der Waals surface area contributed by atoms with E-state index in [0.717, 1.165) is 59.7 Å². The van der Waals surface area contributed by atoms with Gasteiger partial charge in [-0.1, -0.05) is 24.3 Å². The lowest BCUT2D eigenvalue weighted by molar-refractivity contribution is -0.138. The molecule has 2 saturated heterocycles. The van der Waals surface area contributed by atoms with Gasteiger partial charge in [0.15, 0.2) is 11.6 Å². The fraction of sp³-hybridized carbons (Fsp3) is 0.250. The quantitative estimate of drug-likeness (QED) is 0.0903. The summed E-state index contributed by atoms with van der Waals surface area (Å²) in [7, 11) is 0. The molecule has 4 N–H and O–H groups in total. The zero-order valence-corrected chi connectivity index (χ0v) is 48.7. The maximum Gasteiger partial charge on any atom is 0.325 e. The highest BCUT2D eigenvalue weighted by atomic mass is 35.5. The molecular formula is C56H57ClN16O7S3. The van der Waals surface area contributed by atoms with E-state index in [1.54, 1.807) is 52.6 Å². The highest BCUT2D eigenvalue weighted by Crippen LogP contribution is 2.30. The Morgan fingerprint density at radius 1 is 0.651 bits per heavy atom. The van der Waals surface area contributed by atoms with Gasteiger partial charge in [-0.05, 0) is 107 Å². The first kappa shape index (κ1) is 61.8. The van der Waals surface area contributed by atoms with Gasteiger partial charge in [0.2, 0.25) is 29.3 Å². The predicted octanol–water partition coefficient (Wildman–Crippen LogP) is 6.93. The molecule has 0 saturated carbocycles. The van der Waals surface area contributed by atoms with Gasteiger partial charge >= 0.3 is 5.97 Å². The van der Waals surface area contributed by atoms with Crippen LogP contribution in [-0.2, 0) is 54.6 Å². The Balaban J connectivity index is 0.000000193. The van der Waals surface area contributed by atoms with Gasteiger partial charge in [0.1, 0.15) is 42.2 Å². The number of carboxylic acids is 1. The van der Waals surface area contributed by atoms with Crippen LogP contribution in [0.1, 0.15) is 71.9 Å². The number of halogens is 1. The third-order valence-electron chi connectivity index (χ3n) is 13.4. The summed E-state index contributed by atoms with van der Waals surface area (Å²) >= 11 is 7.33. The first-order valence-electron chi connectivity index (χ1n) is 25.7. The van der Waals surface area contributed by atoms with Gasteiger partial charge in [-0.15, -0.1) is 12.4 Å². The number of carboxylic acid groups (broad SMARTS) is 1. The molecule has 2 aromatic carbocycles. The number of nitrogens with zero attached hydrogens (tertiary/aromatic N) is 13. The van der Waals surface area contributed by atoms with Crippen molar-refractivity contribution in [1.82, 2.24) is 68.5 Å². The lowest BCUT2D eigenvalue weighted by Crippen LogP contribution is -2.44. The van der Waals surface area contributed by atoms with E-state index in [0.29, 0.717) is 58.0 Å². The smallest absolute Gasteiger partial charge is 0.325 e. The second-order valence-electron chi connectivity index (χ2n) is 19.0. The Morgan fingerprint density at radius 3 is 1.63 bits per heavy atom. The Labute approximate surface area is 497 Å². The Kier molecular flexibility index (Phi) is 20.7. The number of aryl methyl sites for hydroxylation is 2. The van der Waals surface area contributed by atoms with E-state index < -0.39 is 12.0 Å². The van der Waals surface area contributed by atoms with Crippen LogP contribution in [0.5, 0.6) is 0 Å². The molecule has 23 nitrogen and oxygen atoms in total. The number of hydrogen-bond acceptors (Lipinski definition) is 17. The molecule has 2 fully saturated rings. The number of aromatic nitrogens is 12. The Morgan fingerprint density at radius 2 is 1.16 bits per heavy atom. The molecule has 12 rings (SSSR count). The van der Waals surface area contributed by atoms with Crippen molar-refractivity contribution in [3.8, 4) is 22.5 Å². The van der Waals surface area contributed by atoms with Gasteiger partial charge < -0.3 is 26.0 Å². The zero-order chi connectivity index (χ0) is 57.3. The lowest BCUT2D eigenvalue weighted by Gasteiger charge is -2.24. The standard InChI is InChI=1S/C28H26N8O3.C17H13N5O3.C11H15N3O.ClH.S2.H2S/c1-17-6-3-8-24(31-17)32-27(39)22-7-4-12-34(22)25(38)16-36-21-10-9-19(14-20(21)26(33-36)18(2)37)23-15-30-28-29-11-5-13-35(23)28;1-10(23)16-12-7-11(3-4-13(12)22(20-16)9-15(24)25)14-8-19-17-18-5-2-6-21(14)17;1-8-4-2-6-10(13-8)14-11(15)9-5-3-7-12-9;;1-2;/h3,5-6,8-11,13-15,22H,4,7,12,16H2,1-2H3,(H,31,32,39);2-8H,9H2,1H3,(H,24,25);2,4,6,9,12H,3,5,7H2,1H3,(H,13,14,15);1H;;1H2/t22-;;9-;;;/m0.0.../s1. The highest BCUT2D eigenvalue weighted by Gasteiger charge is 2.35. The molecule has 10 aromatic rings. The van der Waals surface area contributed by atoms with Crippen molar-refractivity contribution in [2.75, 3.05) is 23.7 Å². The van der Waals surface area contributed by atoms with Gasteiger partial charge in [0.25, 0.3) is 0 Å². The molecule has 0 unspecified atom stereocenters. The van der Waals surface area contributed by atoms with Crippen LogP contribution in [0.4, 0.5) is 11.6 Å². The number of hydrogen-bond donors (Lipinski definition) is 4. The van der Waals surface area contributed by atoms with Crippen LogP contribution < -0.4 is 16.0 Å². The second-order valence-corrected chi connectivity index (χ2v) is 19.0. The molecule has 10 heterocycles. The molecule has 2 aliphatic rings. The minimum atomic E-state index is -1.02. The number of benzene rings is 2. The van der Waals surface area contributed by atoms with Crippen LogP contribution in [-0.4, -0.2) is 129 Å². The summed E-state index contributed by atoms with van der Waals surface area (Å²) in [5.41, 5.74) is 6.84. The van der Waals surface area contributed by atoms with E-state index in [-0.39, 0.29) is 85.7 Å². The van der Waals surface area contributed by atoms with Gasteiger partial charge in [-0.25, -0.2) is 29.9 Å². The van der Waals surface area contributed by atoms with Crippen LogP contribution >= 0.6 is 25.9 Å². The molecule has 0 spiro atoms. The molecule has 83 heavy (non-hydrogen) atoms. The molecular weight excluding hydrogens is 1140 g/mol. The largest absolute Gasteiger partial charge is 0.480 e. The van der Waals surface area contributed by atoms with Crippen molar-refractivity contribution < 1.29 is 33.9 Å². The van der Waals surface area contributed by atoms with E-state index in [9.17, 15) is 28.8 Å². The van der Waals surface area contributed by atoms with Crippen LogP contribution in [0.15, 0.2) is 122 Å². The fourth-order valence-corrected chi connectivity index (χ4v) is 9.76. The highest BCUT2D eigenvalue weighted by molar-refractivity contribution is 8.07. The minimum absolute atomic E-state index is 0. The van der Waals surface area contributed by atoms with E-state index in [2.05, 4.69) is 78.4 Å². The third kappa shape index (κ3) is 14.1. The number of Topliss-reactive ketones (excluding diaryl/α,β-unsaturated/α-hetero) is 2. The molecule has 0 bridgehead atoms. The molecule has 0 aliphatic carbocycles.